The van der Waals surface area contributed by atoms with Crippen molar-refractivity contribution in [3.05, 3.63) is 106 Å². The van der Waals surface area contributed by atoms with E-state index in [4.69, 9.17) is 0 Å². The van der Waals surface area contributed by atoms with E-state index in [0.717, 1.165) is 28.4 Å². The molecule has 36 heavy (non-hydrogen) atoms. The summed E-state index contributed by atoms with van der Waals surface area (Å²) < 4.78 is 15.0. The first-order valence-electron chi connectivity index (χ1n) is 12.1. The molecule has 4 nitrogen and oxygen atoms in total. The number of hydrogen-bond acceptors (Lipinski definition) is 3. The molecule has 0 spiro atoms. The molecule has 3 aromatic rings. The second-order valence-electron chi connectivity index (χ2n) is 8.58. The molecule has 7 heteroatoms. The van der Waals surface area contributed by atoms with E-state index in [9.17, 15) is 14.0 Å². The van der Waals surface area contributed by atoms with Crippen LogP contribution in [0.5, 0.6) is 0 Å². The number of amides is 2. The smallest absolute Gasteiger partial charge is 0.243 e. The predicted molar refractivity (Wildman–Crippen MR) is 149 cm³/mol. The quantitative estimate of drug-likeness (QED) is 0.243. The van der Waals surface area contributed by atoms with Gasteiger partial charge < -0.3 is 10.2 Å². The van der Waals surface area contributed by atoms with Crippen LogP contribution in [0.1, 0.15) is 36.5 Å². The number of rotatable bonds is 13. The van der Waals surface area contributed by atoms with E-state index in [1.54, 1.807) is 23.1 Å². The summed E-state index contributed by atoms with van der Waals surface area (Å²) in [6.45, 7) is 2.96. The second kappa shape index (κ2) is 14.8. The standard InChI is InChI=1S/C29H32BrFN2O2S/c1-2-3-17-32-29(35)27(18-22-9-5-4-6-10-22)33(19-23-13-15-25(30)16-14-23)28(34)21-36-20-24-11-7-8-12-26(24)31/h4-16,27H,2-3,17-21H2,1H3,(H,32,35)/t27-/m0/s1. The minimum atomic E-state index is -0.658. The van der Waals surface area contributed by atoms with Crippen LogP contribution < -0.4 is 5.32 Å². The van der Waals surface area contributed by atoms with Gasteiger partial charge in [-0.05, 0) is 41.3 Å². The first kappa shape index (κ1) is 27.9. The van der Waals surface area contributed by atoms with Gasteiger partial charge in [0.05, 0.1) is 5.75 Å². The fourth-order valence-electron chi connectivity index (χ4n) is 3.79. The molecule has 0 fully saturated rings. The monoisotopic (exact) mass is 570 g/mol. The van der Waals surface area contributed by atoms with Crippen molar-refractivity contribution < 1.29 is 14.0 Å². The van der Waals surface area contributed by atoms with E-state index in [2.05, 4.69) is 28.2 Å². The predicted octanol–water partition coefficient (Wildman–Crippen LogP) is 6.38. The number of hydrogen-bond donors (Lipinski definition) is 1. The van der Waals surface area contributed by atoms with Crippen molar-refractivity contribution >= 4 is 39.5 Å². The molecule has 3 aromatic carbocycles. The minimum Gasteiger partial charge on any atom is -0.354 e. The largest absolute Gasteiger partial charge is 0.354 e. The Hall–Kier alpha value is -2.64. The maximum absolute atomic E-state index is 14.1. The Morgan fingerprint density at radius 2 is 1.67 bits per heavy atom. The number of carbonyl (C=O) groups excluding carboxylic acids is 2. The van der Waals surface area contributed by atoms with Gasteiger partial charge in [-0.25, -0.2) is 4.39 Å². The molecule has 2 amide bonds. The molecule has 1 N–H and O–H groups in total. The normalized spacial score (nSPS) is 11.6. The first-order valence-corrected chi connectivity index (χ1v) is 14.1. The maximum atomic E-state index is 14.1. The minimum absolute atomic E-state index is 0.147. The van der Waals surface area contributed by atoms with Gasteiger partial charge in [-0.15, -0.1) is 11.8 Å². The van der Waals surface area contributed by atoms with Crippen LogP contribution in [-0.2, 0) is 28.3 Å². The lowest BCUT2D eigenvalue weighted by Gasteiger charge is -2.31. The molecule has 0 unspecified atom stereocenters. The van der Waals surface area contributed by atoms with Crippen molar-refractivity contribution in [3.8, 4) is 0 Å². The zero-order chi connectivity index (χ0) is 25.8. The molecule has 0 saturated heterocycles. The lowest BCUT2D eigenvalue weighted by molar-refractivity contribution is -0.139. The van der Waals surface area contributed by atoms with Crippen LogP contribution in [0.3, 0.4) is 0 Å². The Balaban J connectivity index is 1.83. The molecule has 0 aliphatic rings. The third-order valence-corrected chi connectivity index (χ3v) is 7.30. The Morgan fingerprint density at radius 1 is 0.972 bits per heavy atom. The molecular formula is C29H32BrFN2O2S. The Morgan fingerprint density at radius 3 is 2.36 bits per heavy atom. The number of nitrogens with zero attached hydrogens (tertiary/aromatic N) is 1. The Kier molecular flexibility index (Phi) is 11.5. The number of unbranched alkanes of at least 4 members (excludes halogenated alkanes) is 1. The highest BCUT2D eigenvalue weighted by Gasteiger charge is 2.30. The summed E-state index contributed by atoms with van der Waals surface area (Å²) in [5, 5.41) is 3.03. The first-order chi connectivity index (χ1) is 17.5. The van der Waals surface area contributed by atoms with E-state index in [1.165, 1.54) is 17.8 Å². The molecule has 0 heterocycles. The van der Waals surface area contributed by atoms with E-state index in [1.807, 2.05) is 54.6 Å². The van der Waals surface area contributed by atoms with Crippen LogP contribution in [0, 0.1) is 5.82 Å². The van der Waals surface area contributed by atoms with E-state index < -0.39 is 6.04 Å². The van der Waals surface area contributed by atoms with Gasteiger partial charge in [-0.3, -0.25) is 9.59 Å². The molecule has 0 saturated carbocycles. The highest BCUT2D eigenvalue weighted by atomic mass is 79.9. The zero-order valence-electron chi connectivity index (χ0n) is 20.5. The van der Waals surface area contributed by atoms with Crippen molar-refractivity contribution in [2.75, 3.05) is 12.3 Å². The SMILES string of the molecule is CCCCNC(=O)[C@H](Cc1ccccc1)N(Cc1ccc(Br)cc1)C(=O)CSCc1ccccc1F. The summed E-state index contributed by atoms with van der Waals surface area (Å²) in [7, 11) is 0. The summed E-state index contributed by atoms with van der Waals surface area (Å²) in [5.41, 5.74) is 2.48. The van der Waals surface area contributed by atoms with Gasteiger partial charge in [0.25, 0.3) is 0 Å². The highest BCUT2D eigenvalue weighted by Crippen LogP contribution is 2.20. The molecule has 3 rings (SSSR count). The number of thioether (sulfide) groups is 1. The lowest BCUT2D eigenvalue weighted by Crippen LogP contribution is -2.51. The summed E-state index contributed by atoms with van der Waals surface area (Å²) in [5.74, 6) is -0.0428. The molecule has 190 valence electrons. The van der Waals surface area contributed by atoms with Crippen molar-refractivity contribution in [1.29, 1.82) is 0 Å². The van der Waals surface area contributed by atoms with Crippen LogP contribution in [0.4, 0.5) is 4.39 Å². The second-order valence-corrected chi connectivity index (χ2v) is 10.5. The van der Waals surface area contributed by atoms with Crippen LogP contribution in [-0.4, -0.2) is 35.1 Å². The van der Waals surface area contributed by atoms with Gasteiger partial charge in [0, 0.05) is 29.7 Å². The van der Waals surface area contributed by atoms with Crippen LogP contribution in [0.25, 0.3) is 0 Å². The van der Waals surface area contributed by atoms with E-state index >= 15 is 0 Å². The molecule has 0 aliphatic heterocycles. The fraction of sp³-hybridized carbons (Fsp3) is 0.310. The molecule has 0 aliphatic carbocycles. The molecular weight excluding hydrogens is 539 g/mol. The fourth-order valence-corrected chi connectivity index (χ4v) is 4.95. The van der Waals surface area contributed by atoms with Gasteiger partial charge in [0.2, 0.25) is 11.8 Å². The molecule has 1 atom stereocenters. The van der Waals surface area contributed by atoms with Crippen molar-refractivity contribution in [2.45, 2.75) is 44.5 Å². The number of carbonyl (C=O) groups is 2. The third kappa shape index (κ3) is 8.79. The molecule has 0 aromatic heterocycles. The summed E-state index contributed by atoms with van der Waals surface area (Å²) in [6.07, 6.45) is 2.26. The average Bonchev–Trinajstić information content (AvgIpc) is 2.89. The Bertz CT molecular complexity index is 1110. The van der Waals surface area contributed by atoms with Crippen LogP contribution in [0.15, 0.2) is 83.3 Å². The van der Waals surface area contributed by atoms with Crippen molar-refractivity contribution in [1.82, 2.24) is 10.2 Å². The van der Waals surface area contributed by atoms with Gasteiger partial charge in [0.15, 0.2) is 0 Å². The number of halogens is 2. The maximum Gasteiger partial charge on any atom is 0.243 e. The van der Waals surface area contributed by atoms with E-state index in [0.29, 0.717) is 30.8 Å². The van der Waals surface area contributed by atoms with Crippen LogP contribution >= 0.6 is 27.7 Å². The van der Waals surface area contributed by atoms with Gasteiger partial charge in [0.1, 0.15) is 11.9 Å². The van der Waals surface area contributed by atoms with Crippen LogP contribution in [0.2, 0.25) is 0 Å². The lowest BCUT2D eigenvalue weighted by atomic mass is 10.0. The third-order valence-electron chi connectivity index (χ3n) is 5.81. The summed E-state index contributed by atoms with van der Waals surface area (Å²) >= 11 is 4.81. The average molecular weight is 572 g/mol. The number of nitrogens with one attached hydrogen (secondary N) is 1. The highest BCUT2D eigenvalue weighted by molar-refractivity contribution is 9.10. The number of benzene rings is 3. The molecule has 0 radical (unpaired) electrons. The van der Waals surface area contributed by atoms with Gasteiger partial charge in [-0.2, -0.15) is 0 Å². The topological polar surface area (TPSA) is 49.4 Å². The van der Waals surface area contributed by atoms with Crippen molar-refractivity contribution in [3.63, 3.8) is 0 Å². The summed E-state index contributed by atoms with van der Waals surface area (Å²) in [6, 6.07) is 23.4. The van der Waals surface area contributed by atoms with Gasteiger partial charge >= 0.3 is 0 Å². The van der Waals surface area contributed by atoms with Crippen molar-refractivity contribution in [2.24, 2.45) is 0 Å². The summed E-state index contributed by atoms with van der Waals surface area (Å²) in [4.78, 5) is 28.6. The molecule has 0 bridgehead atoms. The van der Waals surface area contributed by atoms with Gasteiger partial charge in [-0.1, -0.05) is 89.9 Å². The zero-order valence-corrected chi connectivity index (χ0v) is 22.9. The Labute approximate surface area is 225 Å². The van der Waals surface area contributed by atoms with E-state index in [-0.39, 0.29) is 23.4 Å².